The Balaban J connectivity index is 0.000000196. The van der Waals surface area contributed by atoms with Crippen LogP contribution in [0.2, 0.25) is 0 Å². The molecule has 0 aliphatic heterocycles. The van der Waals surface area contributed by atoms with Gasteiger partial charge in [-0.3, -0.25) is 0 Å². The summed E-state index contributed by atoms with van der Waals surface area (Å²) in [5.41, 5.74) is 2.91. The quantitative estimate of drug-likeness (QED) is 0.0890. The number of rotatable bonds is 12. The van der Waals surface area contributed by atoms with Crippen LogP contribution >= 0.6 is 0 Å². The van der Waals surface area contributed by atoms with Gasteiger partial charge in [0.05, 0.1) is 0 Å². The van der Waals surface area contributed by atoms with Gasteiger partial charge in [-0.15, -0.1) is 11.1 Å². The molecule has 0 aromatic heterocycles. The van der Waals surface area contributed by atoms with Crippen LogP contribution in [0.15, 0.2) is 218 Å². The first-order valence-corrected chi connectivity index (χ1v) is 23.6. The van der Waals surface area contributed by atoms with Crippen molar-refractivity contribution in [1.82, 2.24) is 9.80 Å². The van der Waals surface area contributed by atoms with E-state index in [0.29, 0.717) is 0 Å². The molecule has 2 nitrogen and oxygen atoms in total. The predicted octanol–water partition coefficient (Wildman–Crippen LogP) is 5.69. The third-order valence-electron chi connectivity index (χ3n) is 10.9. The molecule has 5 heteroatoms. The Morgan fingerprint density at radius 1 is 0.439 bits per heavy atom. The number of nitrogens with zero attached hydrogens (tertiary/aromatic N) is 2. The normalized spacial score (nSPS) is 11.5. The van der Waals surface area contributed by atoms with Crippen LogP contribution in [0.1, 0.15) is 11.1 Å². The van der Waals surface area contributed by atoms with E-state index in [1.54, 1.807) is 0 Å². The maximum Gasteiger partial charge on any atom is 0.112 e. The van der Waals surface area contributed by atoms with E-state index in [1.807, 2.05) is 0 Å². The molecule has 8 rings (SSSR count). The molecule has 0 saturated carbocycles. The van der Waals surface area contributed by atoms with Crippen molar-refractivity contribution in [2.45, 2.75) is 13.1 Å². The zero-order valence-corrected chi connectivity index (χ0v) is 36.6. The van der Waals surface area contributed by atoms with Crippen LogP contribution in [-0.4, -0.2) is 54.1 Å². The van der Waals surface area contributed by atoms with Gasteiger partial charge in [0.1, 0.15) is 8.07 Å². The van der Waals surface area contributed by atoms with Gasteiger partial charge < -0.3 is 39.3 Å². The Morgan fingerprint density at radius 3 is 1.09 bits per heavy atom. The predicted molar refractivity (Wildman–Crippen MR) is 246 cm³/mol. The van der Waals surface area contributed by atoms with Crippen molar-refractivity contribution in [3.63, 3.8) is 0 Å². The van der Waals surface area contributed by atoms with Gasteiger partial charge >= 0.3 is 0 Å². The standard InChI is InChI=1S/C29H33N2Si.C23H19Si.Fe/c1-30(2)22-24-20-21-29(28(24)23-31(3)4)32(25-14-8-5-9-15-25,26-16-10-6-11-17-26)27-18-12-7-13-19-27;1-4-12-20(13-5-1)24(23-18-10-11-19-23,21-14-6-2-7-15-21)22-16-8-3-9-17-22;/h5-21H,22-23H2,1-4H3;1-19H;/q-1;-5;. The van der Waals surface area contributed by atoms with E-state index in [0.717, 1.165) is 13.1 Å². The first-order valence-electron chi connectivity index (χ1n) is 19.6. The fourth-order valence-corrected chi connectivity index (χ4v) is 18.4. The molecule has 0 N–H and O–H groups in total. The molecule has 57 heavy (non-hydrogen) atoms. The Bertz CT molecular complexity index is 2150. The molecule has 0 saturated heterocycles. The van der Waals surface area contributed by atoms with Crippen LogP contribution in [0.3, 0.4) is 0 Å². The van der Waals surface area contributed by atoms with Crippen molar-refractivity contribution in [3.05, 3.63) is 230 Å². The van der Waals surface area contributed by atoms with Gasteiger partial charge in [-0.25, -0.2) is 6.07 Å². The van der Waals surface area contributed by atoms with Crippen molar-refractivity contribution in [2.75, 3.05) is 28.2 Å². The molecule has 0 radical (unpaired) electrons. The maximum atomic E-state index is 2.43. The third kappa shape index (κ3) is 8.61. The molecule has 0 fully saturated rings. The summed E-state index contributed by atoms with van der Waals surface area (Å²) >= 11 is 0. The van der Waals surface area contributed by atoms with Gasteiger partial charge in [-0.2, -0.15) is 11.3 Å². The zero-order valence-electron chi connectivity index (χ0n) is 33.4. The molecule has 0 amide bonds. The van der Waals surface area contributed by atoms with E-state index in [-0.39, 0.29) is 17.1 Å². The summed E-state index contributed by atoms with van der Waals surface area (Å²) in [5.74, 6) is 0. The van der Waals surface area contributed by atoms with Crippen molar-refractivity contribution >= 4 is 57.6 Å². The molecule has 0 aliphatic rings. The molecule has 292 valence electrons. The second-order valence-electron chi connectivity index (χ2n) is 15.1. The Kier molecular flexibility index (Phi) is 14.1. The topological polar surface area (TPSA) is 6.48 Å². The van der Waals surface area contributed by atoms with Gasteiger partial charge in [-0.1, -0.05) is 213 Å². The zero-order chi connectivity index (χ0) is 38.8. The first kappa shape index (κ1) is 41.5. The average Bonchev–Trinajstić information content (AvgIpc) is 3.92. The van der Waals surface area contributed by atoms with Crippen molar-refractivity contribution in [2.24, 2.45) is 0 Å². The van der Waals surface area contributed by atoms with Crippen molar-refractivity contribution in [1.29, 1.82) is 0 Å². The Morgan fingerprint density at radius 2 is 0.772 bits per heavy atom. The van der Waals surface area contributed by atoms with Crippen LogP contribution in [-0.2, 0) is 30.2 Å². The summed E-state index contributed by atoms with van der Waals surface area (Å²) < 4.78 is 0. The van der Waals surface area contributed by atoms with Crippen LogP contribution in [0.25, 0.3) is 0 Å². The molecule has 8 aromatic rings. The van der Waals surface area contributed by atoms with Crippen molar-refractivity contribution < 1.29 is 17.1 Å². The molecule has 0 aliphatic carbocycles. The third-order valence-corrected chi connectivity index (χ3v) is 20.5. The minimum Gasteiger partial charge on any atom is -0.748 e. The average molecular weight is 817 g/mol. The number of hydrogen-bond acceptors (Lipinski definition) is 2. The van der Waals surface area contributed by atoms with Crippen LogP contribution in [0, 0.1) is 0 Å². The van der Waals surface area contributed by atoms with Gasteiger partial charge in [-0.05, 0) is 42.8 Å². The van der Waals surface area contributed by atoms with Crippen molar-refractivity contribution in [3.8, 4) is 0 Å². The second-order valence-corrected chi connectivity index (χ2v) is 22.7. The summed E-state index contributed by atoms with van der Waals surface area (Å²) in [7, 11) is 3.92. The summed E-state index contributed by atoms with van der Waals surface area (Å²) in [6.45, 7) is 1.89. The Hall–Kier alpha value is -5.11. The van der Waals surface area contributed by atoms with Crippen LogP contribution < -0.4 is 41.5 Å². The molecule has 8 aromatic carbocycles. The van der Waals surface area contributed by atoms with E-state index in [4.69, 9.17) is 0 Å². The number of hydrogen-bond donors (Lipinski definition) is 0. The number of benzene rings is 6. The van der Waals surface area contributed by atoms with Crippen LogP contribution in [0.5, 0.6) is 0 Å². The summed E-state index contributed by atoms with van der Waals surface area (Å²) in [6.07, 6.45) is 0. The minimum absolute atomic E-state index is 0. The monoisotopic (exact) mass is 816 g/mol. The largest absolute Gasteiger partial charge is 0.748 e. The smallest absolute Gasteiger partial charge is 0.112 e. The summed E-state index contributed by atoms with van der Waals surface area (Å²) in [5, 5.41) is 11.5. The second kappa shape index (κ2) is 19.4. The fraction of sp³-hybridized carbons (Fsp3) is 0.115. The van der Waals surface area contributed by atoms with E-state index >= 15 is 0 Å². The molecular formula is C52H52FeN2Si2-6. The Labute approximate surface area is 353 Å². The van der Waals surface area contributed by atoms with Crippen LogP contribution in [0.4, 0.5) is 0 Å². The van der Waals surface area contributed by atoms with E-state index in [2.05, 4.69) is 256 Å². The van der Waals surface area contributed by atoms with E-state index in [9.17, 15) is 0 Å². The molecule has 0 heterocycles. The fourth-order valence-electron chi connectivity index (χ4n) is 8.62. The SMILES string of the molecule is CN(C)Cc1c([Si](c2ccccc2)(c2ccccc2)c2ccccc2)cc[c-]1CN(C)C.[Fe].c1ccc([Si](c2ccccc2)(c2ccccc2)[c-]2[cH-][cH-][cH-][cH-]2)cc1. The van der Waals surface area contributed by atoms with E-state index < -0.39 is 16.1 Å². The summed E-state index contributed by atoms with van der Waals surface area (Å²) in [6, 6.07) is 80.3. The molecule has 0 atom stereocenters. The van der Waals surface area contributed by atoms with Gasteiger partial charge in [0.25, 0.3) is 0 Å². The summed E-state index contributed by atoms with van der Waals surface area (Å²) in [4.78, 5) is 4.58. The molecular weight excluding hydrogens is 765 g/mol. The molecule has 0 spiro atoms. The van der Waals surface area contributed by atoms with Gasteiger partial charge in [0.2, 0.25) is 0 Å². The molecule has 0 bridgehead atoms. The molecule has 0 unspecified atom stereocenters. The first-order chi connectivity index (χ1) is 27.5. The van der Waals surface area contributed by atoms with Gasteiger partial charge in [0, 0.05) is 23.6 Å². The van der Waals surface area contributed by atoms with E-state index in [1.165, 1.54) is 52.6 Å². The maximum absolute atomic E-state index is 2.49. The minimum atomic E-state index is -2.49. The van der Waals surface area contributed by atoms with Gasteiger partial charge in [0.15, 0.2) is 0 Å².